The van der Waals surface area contributed by atoms with Crippen LogP contribution in [0, 0.1) is 0 Å². The molecule has 1 rings (SSSR count). The molecule has 0 radical (unpaired) electrons. The predicted molar refractivity (Wildman–Crippen MR) is 58.7 cm³/mol. The van der Waals surface area contributed by atoms with E-state index in [2.05, 4.69) is 5.32 Å². The average molecular weight is 208 g/mol. The highest BCUT2D eigenvalue weighted by atomic mass is 16.3. The first-order valence-corrected chi connectivity index (χ1v) is 4.77. The number of carbonyl (C=O) groups is 1. The standard InChI is InChI=1S/C11H16N2O2/c1-8(12-11(15)13(2)3)9-4-6-10(14)7-5-9/h4-8,14H,1-3H3,(H,12,15). The zero-order chi connectivity index (χ0) is 11.4. The molecule has 0 saturated heterocycles. The number of nitrogens with zero attached hydrogens (tertiary/aromatic N) is 1. The molecule has 0 aromatic heterocycles. The van der Waals surface area contributed by atoms with Gasteiger partial charge in [-0.05, 0) is 24.6 Å². The molecular formula is C11H16N2O2. The van der Waals surface area contributed by atoms with E-state index >= 15 is 0 Å². The maximum absolute atomic E-state index is 11.4. The second-order valence-electron chi connectivity index (χ2n) is 3.66. The van der Waals surface area contributed by atoms with Gasteiger partial charge < -0.3 is 15.3 Å². The second-order valence-corrected chi connectivity index (χ2v) is 3.66. The third-order valence-electron chi connectivity index (χ3n) is 2.14. The molecule has 1 atom stereocenters. The highest BCUT2D eigenvalue weighted by Gasteiger charge is 2.10. The largest absolute Gasteiger partial charge is 0.508 e. The Morgan fingerprint density at radius 2 is 1.87 bits per heavy atom. The monoisotopic (exact) mass is 208 g/mol. The number of phenols is 1. The maximum Gasteiger partial charge on any atom is 0.317 e. The van der Waals surface area contributed by atoms with Gasteiger partial charge in [-0.15, -0.1) is 0 Å². The summed E-state index contributed by atoms with van der Waals surface area (Å²) in [4.78, 5) is 12.8. The van der Waals surface area contributed by atoms with Gasteiger partial charge in [-0.1, -0.05) is 12.1 Å². The summed E-state index contributed by atoms with van der Waals surface area (Å²) in [5.74, 6) is 0.227. The Balaban J connectivity index is 2.65. The van der Waals surface area contributed by atoms with E-state index in [9.17, 15) is 4.79 Å². The fourth-order valence-corrected chi connectivity index (χ4v) is 1.16. The molecule has 4 heteroatoms. The Morgan fingerprint density at radius 3 is 2.33 bits per heavy atom. The molecule has 4 nitrogen and oxygen atoms in total. The minimum Gasteiger partial charge on any atom is -0.508 e. The van der Waals surface area contributed by atoms with Crippen molar-refractivity contribution in [2.24, 2.45) is 0 Å². The molecule has 2 amide bonds. The SMILES string of the molecule is CC(NC(=O)N(C)C)c1ccc(O)cc1. The number of urea groups is 1. The molecule has 0 saturated carbocycles. The first kappa shape index (κ1) is 11.4. The number of phenolic OH excluding ortho intramolecular Hbond substituents is 1. The number of amides is 2. The molecule has 0 aliphatic heterocycles. The van der Waals surface area contributed by atoms with Crippen LogP contribution < -0.4 is 5.32 Å². The third-order valence-corrected chi connectivity index (χ3v) is 2.14. The van der Waals surface area contributed by atoms with Crippen molar-refractivity contribution in [2.75, 3.05) is 14.1 Å². The molecule has 1 unspecified atom stereocenters. The van der Waals surface area contributed by atoms with Gasteiger partial charge in [0.25, 0.3) is 0 Å². The lowest BCUT2D eigenvalue weighted by atomic mass is 10.1. The summed E-state index contributed by atoms with van der Waals surface area (Å²) in [5.41, 5.74) is 0.961. The lowest BCUT2D eigenvalue weighted by molar-refractivity contribution is 0.214. The van der Waals surface area contributed by atoms with E-state index in [0.29, 0.717) is 0 Å². The van der Waals surface area contributed by atoms with Gasteiger partial charge in [-0.25, -0.2) is 4.79 Å². The molecule has 0 aliphatic carbocycles. The normalized spacial score (nSPS) is 11.9. The summed E-state index contributed by atoms with van der Waals surface area (Å²) in [5, 5.41) is 11.9. The summed E-state index contributed by atoms with van der Waals surface area (Å²) >= 11 is 0. The summed E-state index contributed by atoms with van der Waals surface area (Å²) in [6.45, 7) is 1.90. The van der Waals surface area contributed by atoms with E-state index in [1.165, 1.54) is 4.90 Å². The van der Waals surface area contributed by atoms with Crippen molar-refractivity contribution >= 4 is 6.03 Å². The quantitative estimate of drug-likeness (QED) is 0.777. The molecule has 0 aliphatic rings. The fraction of sp³-hybridized carbons (Fsp3) is 0.364. The van der Waals surface area contributed by atoms with Gasteiger partial charge >= 0.3 is 6.03 Å². The van der Waals surface area contributed by atoms with E-state index < -0.39 is 0 Å². The molecule has 82 valence electrons. The Labute approximate surface area is 89.5 Å². The molecular weight excluding hydrogens is 192 g/mol. The molecule has 0 heterocycles. The van der Waals surface area contributed by atoms with Gasteiger partial charge in [-0.3, -0.25) is 0 Å². The second kappa shape index (κ2) is 4.68. The Morgan fingerprint density at radius 1 is 1.33 bits per heavy atom. The maximum atomic E-state index is 11.4. The summed E-state index contributed by atoms with van der Waals surface area (Å²) in [6.07, 6.45) is 0. The number of rotatable bonds is 2. The number of carbonyl (C=O) groups excluding carboxylic acids is 1. The highest BCUT2D eigenvalue weighted by Crippen LogP contribution is 2.16. The number of hydrogen-bond donors (Lipinski definition) is 2. The first-order valence-electron chi connectivity index (χ1n) is 4.77. The fourth-order valence-electron chi connectivity index (χ4n) is 1.16. The van der Waals surface area contributed by atoms with Gasteiger partial charge in [0.2, 0.25) is 0 Å². The number of nitrogens with one attached hydrogen (secondary N) is 1. The van der Waals surface area contributed by atoms with Crippen molar-refractivity contribution in [3.63, 3.8) is 0 Å². The molecule has 0 fully saturated rings. The molecule has 0 spiro atoms. The molecule has 1 aromatic carbocycles. The minimum absolute atomic E-state index is 0.0690. The van der Waals surface area contributed by atoms with Crippen LogP contribution in [-0.2, 0) is 0 Å². The van der Waals surface area contributed by atoms with Crippen molar-refractivity contribution in [3.8, 4) is 5.75 Å². The van der Waals surface area contributed by atoms with Crippen LogP contribution in [0.15, 0.2) is 24.3 Å². The van der Waals surface area contributed by atoms with Crippen molar-refractivity contribution in [2.45, 2.75) is 13.0 Å². The van der Waals surface area contributed by atoms with E-state index in [1.54, 1.807) is 38.4 Å². The first-order chi connectivity index (χ1) is 7.00. The third kappa shape index (κ3) is 3.16. The van der Waals surface area contributed by atoms with Crippen LogP contribution >= 0.6 is 0 Å². The van der Waals surface area contributed by atoms with Gasteiger partial charge in [0.05, 0.1) is 6.04 Å². The van der Waals surface area contributed by atoms with Gasteiger partial charge in [-0.2, -0.15) is 0 Å². The molecule has 15 heavy (non-hydrogen) atoms. The van der Waals surface area contributed by atoms with Crippen molar-refractivity contribution < 1.29 is 9.90 Å². The molecule has 2 N–H and O–H groups in total. The summed E-state index contributed by atoms with van der Waals surface area (Å²) < 4.78 is 0. The average Bonchev–Trinajstić information content (AvgIpc) is 2.18. The lowest BCUT2D eigenvalue weighted by Crippen LogP contribution is -2.36. The van der Waals surface area contributed by atoms with Crippen LogP contribution in [0.25, 0.3) is 0 Å². The highest BCUT2D eigenvalue weighted by molar-refractivity contribution is 5.74. The van der Waals surface area contributed by atoms with Crippen LogP contribution in [-0.4, -0.2) is 30.1 Å². The predicted octanol–water partition coefficient (Wildman–Crippen LogP) is 1.72. The number of benzene rings is 1. The molecule has 1 aromatic rings. The number of aromatic hydroxyl groups is 1. The van der Waals surface area contributed by atoms with Crippen LogP contribution in [0.2, 0.25) is 0 Å². The summed E-state index contributed by atoms with van der Waals surface area (Å²) in [6, 6.07) is 6.59. The van der Waals surface area contributed by atoms with E-state index in [-0.39, 0.29) is 17.8 Å². The topological polar surface area (TPSA) is 52.6 Å². The smallest absolute Gasteiger partial charge is 0.317 e. The number of hydrogen-bond acceptors (Lipinski definition) is 2. The van der Waals surface area contributed by atoms with E-state index in [1.807, 2.05) is 6.92 Å². The van der Waals surface area contributed by atoms with E-state index in [4.69, 9.17) is 5.11 Å². The van der Waals surface area contributed by atoms with Crippen LogP contribution in [0.1, 0.15) is 18.5 Å². The Bertz CT molecular complexity index is 333. The zero-order valence-corrected chi connectivity index (χ0v) is 9.19. The molecule has 0 bridgehead atoms. The van der Waals surface area contributed by atoms with Crippen LogP contribution in [0.5, 0.6) is 5.75 Å². The minimum atomic E-state index is -0.129. The lowest BCUT2D eigenvalue weighted by Gasteiger charge is -2.18. The Kier molecular flexibility index (Phi) is 3.55. The Hall–Kier alpha value is -1.71. The zero-order valence-electron chi connectivity index (χ0n) is 9.19. The van der Waals surface area contributed by atoms with Gasteiger partial charge in [0.1, 0.15) is 5.75 Å². The van der Waals surface area contributed by atoms with Gasteiger partial charge in [0, 0.05) is 14.1 Å². The van der Waals surface area contributed by atoms with Crippen molar-refractivity contribution in [3.05, 3.63) is 29.8 Å². The van der Waals surface area contributed by atoms with E-state index in [0.717, 1.165) is 5.56 Å². The van der Waals surface area contributed by atoms with Crippen LogP contribution in [0.4, 0.5) is 4.79 Å². The summed E-state index contributed by atoms with van der Waals surface area (Å²) in [7, 11) is 3.39. The van der Waals surface area contributed by atoms with Crippen molar-refractivity contribution in [1.29, 1.82) is 0 Å². The van der Waals surface area contributed by atoms with Crippen LogP contribution in [0.3, 0.4) is 0 Å². The van der Waals surface area contributed by atoms with Crippen molar-refractivity contribution in [1.82, 2.24) is 10.2 Å². The van der Waals surface area contributed by atoms with Gasteiger partial charge in [0.15, 0.2) is 0 Å².